The lowest BCUT2D eigenvalue weighted by Crippen LogP contribution is -2.15. The normalized spacial score (nSPS) is 11.4. The van der Waals surface area contributed by atoms with Crippen molar-refractivity contribution in [1.82, 2.24) is 0 Å². The average molecular weight is 205 g/mol. The highest BCUT2D eigenvalue weighted by molar-refractivity contribution is 5.90. The Morgan fingerprint density at radius 2 is 1.93 bits per heavy atom. The number of aromatic carboxylic acids is 1. The topological polar surface area (TPSA) is 60.4 Å². The molecular weight excluding hydrogens is 201 g/mol. The van der Waals surface area contributed by atoms with Crippen LogP contribution >= 0.6 is 0 Å². The molecule has 76 valence electrons. The molecule has 0 spiro atoms. The van der Waals surface area contributed by atoms with Crippen molar-refractivity contribution in [3.8, 4) is 5.75 Å². The van der Waals surface area contributed by atoms with Crippen LogP contribution in [-0.4, -0.2) is 11.1 Å². The summed E-state index contributed by atoms with van der Waals surface area (Å²) in [5, 5.41) is 19.2. The van der Waals surface area contributed by atoms with Gasteiger partial charge in [0.1, 0.15) is 0 Å². The van der Waals surface area contributed by atoms with Gasteiger partial charge in [0.15, 0.2) is 0 Å². The first kappa shape index (κ1) is 10.4. The number of rotatable bonds is 1. The first-order chi connectivity index (χ1) is 6.34. The largest absolute Gasteiger partial charge is 0.872 e. The molecule has 1 aromatic carbocycles. The molecule has 0 atom stereocenters. The van der Waals surface area contributed by atoms with Gasteiger partial charge in [0.05, 0.1) is 11.1 Å². The van der Waals surface area contributed by atoms with Crippen LogP contribution < -0.4 is 5.11 Å². The fourth-order valence-corrected chi connectivity index (χ4v) is 1.00. The Kier molecular flexibility index (Phi) is 2.37. The van der Waals surface area contributed by atoms with E-state index in [2.05, 4.69) is 0 Å². The van der Waals surface area contributed by atoms with Gasteiger partial charge in [-0.2, -0.15) is 13.2 Å². The summed E-state index contributed by atoms with van der Waals surface area (Å²) in [5.74, 6) is -3.10. The Bertz CT molecular complexity index is 371. The molecule has 0 aliphatic carbocycles. The van der Waals surface area contributed by atoms with E-state index in [1.54, 1.807) is 0 Å². The fourth-order valence-electron chi connectivity index (χ4n) is 1.00. The predicted molar refractivity (Wildman–Crippen MR) is 37.8 cm³/mol. The Labute approximate surface area is 76.4 Å². The van der Waals surface area contributed by atoms with Crippen molar-refractivity contribution in [2.45, 2.75) is 6.18 Å². The lowest BCUT2D eigenvalue weighted by molar-refractivity contribution is -0.276. The van der Waals surface area contributed by atoms with E-state index in [-0.39, 0.29) is 0 Å². The lowest BCUT2D eigenvalue weighted by atomic mass is 10.1. The van der Waals surface area contributed by atoms with E-state index in [1.807, 2.05) is 0 Å². The van der Waals surface area contributed by atoms with Crippen molar-refractivity contribution in [2.75, 3.05) is 0 Å². The van der Waals surface area contributed by atoms with Gasteiger partial charge in [0, 0.05) is 0 Å². The molecule has 1 N–H and O–H groups in total. The molecule has 1 aromatic rings. The van der Waals surface area contributed by atoms with E-state index in [1.165, 1.54) is 0 Å². The van der Waals surface area contributed by atoms with Crippen LogP contribution in [0.5, 0.6) is 5.75 Å². The number of carboxylic acids is 1. The second-order valence-corrected chi connectivity index (χ2v) is 2.48. The number of benzene rings is 1. The summed E-state index contributed by atoms with van der Waals surface area (Å²) >= 11 is 0. The first-order valence-corrected chi connectivity index (χ1v) is 3.44. The maximum Gasteiger partial charge on any atom is 0.416 e. The van der Waals surface area contributed by atoms with Crippen molar-refractivity contribution in [1.29, 1.82) is 0 Å². The zero-order valence-electron chi connectivity index (χ0n) is 6.63. The monoisotopic (exact) mass is 205 g/mol. The van der Waals surface area contributed by atoms with E-state index < -0.39 is 29.0 Å². The molecule has 6 heteroatoms. The maximum atomic E-state index is 12.2. The molecule has 0 heterocycles. The number of alkyl halides is 3. The Morgan fingerprint density at radius 3 is 2.29 bits per heavy atom. The molecule has 14 heavy (non-hydrogen) atoms. The summed E-state index contributed by atoms with van der Waals surface area (Å²) in [4.78, 5) is 10.4. The second-order valence-electron chi connectivity index (χ2n) is 2.48. The van der Waals surface area contributed by atoms with Crippen LogP contribution in [0.1, 0.15) is 15.9 Å². The quantitative estimate of drug-likeness (QED) is 0.755. The molecule has 0 aliphatic heterocycles. The summed E-state index contributed by atoms with van der Waals surface area (Å²) in [7, 11) is 0. The third-order valence-corrected chi connectivity index (χ3v) is 1.54. The molecule has 0 aromatic heterocycles. The SMILES string of the molecule is O=C(O)c1cccc([O-])c1C(F)(F)F. The van der Waals surface area contributed by atoms with Gasteiger partial charge in [0.25, 0.3) is 0 Å². The molecule has 0 bridgehead atoms. The molecule has 0 saturated carbocycles. The van der Waals surface area contributed by atoms with Crippen LogP contribution in [-0.2, 0) is 6.18 Å². The van der Waals surface area contributed by atoms with Crippen molar-refractivity contribution in [3.05, 3.63) is 29.3 Å². The van der Waals surface area contributed by atoms with Crippen LogP contribution in [0.4, 0.5) is 13.2 Å². The van der Waals surface area contributed by atoms with E-state index in [0.29, 0.717) is 6.07 Å². The third-order valence-electron chi connectivity index (χ3n) is 1.54. The van der Waals surface area contributed by atoms with Crippen LogP contribution in [0.15, 0.2) is 18.2 Å². The molecule has 0 amide bonds. The van der Waals surface area contributed by atoms with Crippen LogP contribution in [0, 0.1) is 0 Å². The third kappa shape index (κ3) is 1.78. The Morgan fingerprint density at radius 1 is 1.36 bits per heavy atom. The van der Waals surface area contributed by atoms with Gasteiger partial charge >= 0.3 is 12.1 Å². The predicted octanol–water partition coefficient (Wildman–Crippen LogP) is 1.48. The molecule has 0 saturated heterocycles. The van der Waals surface area contributed by atoms with Crippen LogP contribution in [0.3, 0.4) is 0 Å². The minimum atomic E-state index is -4.94. The maximum absolute atomic E-state index is 12.2. The van der Waals surface area contributed by atoms with Gasteiger partial charge in [-0.1, -0.05) is 17.9 Å². The highest BCUT2D eigenvalue weighted by Crippen LogP contribution is 2.36. The molecule has 0 unspecified atom stereocenters. The summed E-state index contributed by atoms with van der Waals surface area (Å²) in [6.07, 6.45) is -4.94. The van der Waals surface area contributed by atoms with Crippen LogP contribution in [0.2, 0.25) is 0 Å². The number of hydrogen-bond donors (Lipinski definition) is 1. The Balaban J connectivity index is 3.45. The standard InChI is InChI=1S/C8H5F3O3/c9-8(10,11)6-4(7(13)14)2-1-3-5(6)12/h1-3,12H,(H,13,14)/p-1. The Hall–Kier alpha value is -1.72. The van der Waals surface area contributed by atoms with Crippen molar-refractivity contribution >= 4 is 5.97 Å². The van der Waals surface area contributed by atoms with Gasteiger partial charge in [0.2, 0.25) is 0 Å². The highest BCUT2D eigenvalue weighted by atomic mass is 19.4. The van der Waals surface area contributed by atoms with E-state index in [9.17, 15) is 23.1 Å². The molecular formula is C8H4F3O3-. The number of carbonyl (C=O) groups is 1. The molecule has 0 fully saturated rings. The van der Waals surface area contributed by atoms with E-state index in [4.69, 9.17) is 5.11 Å². The van der Waals surface area contributed by atoms with Crippen molar-refractivity contribution < 1.29 is 28.2 Å². The minimum absolute atomic E-state index is 0.676. The average Bonchev–Trinajstić information content (AvgIpc) is 2.01. The summed E-state index contributed by atoms with van der Waals surface area (Å²) in [6, 6.07) is 2.39. The zero-order valence-corrected chi connectivity index (χ0v) is 6.63. The van der Waals surface area contributed by atoms with Gasteiger partial charge in [-0.15, -0.1) is 0 Å². The van der Waals surface area contributed by atoms with E-state index >= 15 is 0 Å². The molecule has 3 nitrogen and oxygen atoms in total. The van der Waals surface area contributed by atoms with Crippen molar-refractivity contribution in [3.63, 3.8) is 0 Å². The van der Waals surface area contributed by atoms with Gasteiger partial charge in [-0.05, 0) is 6.07 Å². The zero-order chi connectivity index (χ0) is 10.9. The molecule has 0 radical (unpaired) electrons. The minimum Gasteiger partial charge on any atom is -0.872 e. The number of halogens is 3. The summed E-state index contributed by atoms with van der Waals surface area (Å²) in [5.41, 5.74) is -2.66. The summed E-state index contributed by atoms with van der Waals surface area (Å²) in [6.45, 7) is 0. The number of hydrogen-bond acceptors (Lipinski definition) is 2. The van der Waals surface area contributed by atoms with Gasteiger partial charge in [-0.3, -0.25) is 0 Å². The lowest BCUT2D eigenvalue weighted by Gasteiger charge is -2.17. The van der Waals surface area contributed by atoms with Crippen molar-refractivity contribution in [2.24, 2.45) is 0 Å². The fraction of sp³-hybridized carbons (Fsp3) is 0.125. The molecule has 0 aliphatic rings. The van der Waals surface area contributed by atoms with E-state index in [0.717, 1.165) is 12.1 Å². The highest BCUT2D eigenvalue weighted by Gasteiger charge is 2.35. The first-order valence-electron chi connectivity index (χ1n) is 3.44. The smallest absolute Gasteiger partial charge is 0.416 e. The number of carboxylic acid groups (broad SMARTS) is 1. The van der Waals surface area contributed by atoms with Crippen LogP contribution in [0.25, 0.3) is 0 Å². The second kappa shape index (κ2) is 3.21. The molecule has 1 rings (SSSR count). The van der Waals surface area contributed by atoms with Gasteiger partial charge < -0.3 is 10.2 Å². The van der Waals surface area contributed by atoms with Gasteiger partial charge in [-0.25, -0.2) is 4.79 Å². The summed E-state index contributed by atoms with van der Waals surface area (Å²) < 4.78 is 36.6.